The third-order valence-corrected chi connectivity index (χ3v) is 6.35. The van der Waals surface area contributed by atoms with Gasteiger partial charge in [0.1, 0.15) is 35.7 Å². The summed E-state index contributed by atoms with van der Waals surface area (Å²) in [6, 6.07) is 24.3. The molecule has 1 saturated heterocycles. The molecule has 1 aliphatic heterocycles. The van der Waals surface area contributed by atoms with Crippen LogP contribution in [0, 0.1) is 6.92 Å². The molecule has 1 atom stereocenters. The van der Waals surface area contributed by atoms with Gasteiger partial charge in [-0.25, -0.2) is 0 Å². The number of rotatable bonds is 8. The average Bonchev–Trinajstić information content (AvgIpc) is 3.55. The van der Waals surface area contributed by atoms with Gasteiger partial charge in [-0.05, 0) is 67.4 Å². The van der Waals surface area contributed by atoms with E-state index in [2.05, 4.69) is 0 Å². The molecule has 0 aliphatic carbocycles. The van der Waals surface area contributed by atoms with Gasteiger partial charge >= 0.3 is 0 Å². The van der Waals surface area contributed by atoms with E-state index < -0.39 is 17.7 Å². The summed E-state index contributed by atoms with van der Waals surface area (Å²) in [5.74, 6) is -0.278. The Morgan fingerprint density at radius 2 is 1.76 bits per heavy atom. The van der Waals surface area contributed by atoms with Gasteiger partial charge in [-0.3, -0.25) is 14.5 Å². The summed E-state index contributed by atoms with van der Waals surface area (Å²) in [5.41, 5.74) is 2.61. The van der Waals surface area contributed by atoms with Crippen LogP contribution in [0.5, 0.6) is 11.5 Å². The fraction of sp³-hybridized carbons (Fsp3) is 0.161. The number of benzene rings is 3. The molecule has 0 radical (unpaired) electrons. The maximum atomic E-state index is 13.3. The SMILES string of the molecule is CCOc1cccc(N2C(=O)C(=O)/C(=C(\O)c3ccc(OCc4ccccc4)c(C)c3)C2c2ccco2)c1. The van der Waals surface area contributed by atoms with Crippen LogP contribution in [0.15, 0.2) is 101 Å². The zero-order chi connectivity index (χ0) is 26.6. The van der Waals surface area contributed by atoms with Crippen molar-refractivity contribution in [1.82, 2.24) is 0 Å². The van der Waals surface area contributed by atoms with Crippen molar-refractivity contribution >= 4 is 23.1 Å². The second-order valence-corrected chi connectivity index (χ2v) is 8.87. The van der Waals surface area contributed by atoms with Crippen LogP contribution >= 0.6 is 0 Å². The Balaban J connectivity index is 1.52. The van der Waals surface area contributed by atoms with Crippen LogP contribution in [0.3, 0.4) is 0 Å². The summed E-state index contributed by atoms with van der Waals surface area (Å²) in [6.07, 6.45) is 1.47. The number of furan rings is 1. The summed E-state index contributed by atoms with van der Waals surface area (Å²) in [7, 11) is 0. The molecule has 0 saturated carbocycles. The molecule has 3 aromatic carbocycles. The Hall–Kier alpha value is -4.78. The van der Waals surface area contributed by atoms with E-state index in [1.165, 1.54) is 11.2 Å². The first-order valence-electron chi connectivity index (χ1n) is 12.3. The number of ether oxygens (including phenoxy) is 2. The van der Waals surface area contributed by atoms with Crippen molar-refractivity contribution in [3.8, 4) is 11.5 Å². The molecule has 192 valence electrons. The number of aliphatic hydroxyl groups is 1. The van der Waals surface area contributed by atoms with Crippen LogP contribution in [0.2, 0.25) is 0 Å². The maximum absolute atomic E-state index is 13.3. The summed E-state index contributed by atoms with van der Waals surface area (Å²) < 4.78 is 17.2. The summed E-state index contributed by atoms with van der Waals surface area (Å²) in [5, 5.41) is 11.4. The third-order valence-electron chi connectivity index (χ3n) is 6.35. The predicted octanol–water partition coefficient (Wildman–Crippen LogP) is 6.19. The van der Waals surface area contributed by atoms with E-state index in [9.17, 15) is 14.7 Å². The number of nitrogens with zero attached hydrogens (tertiary/aromatic N) is 1. The highest BCUT2D eigenvalue weighted by Gasteiger charge is 2.48. The predicted molar refractivity (Wildman–Crippen MR) is 143 cm³/mol. The highest BCUT2D eigenvalue weighted by Crippen LogP contribution is 2.43. The number of Topliss-reactive ketones (excluding diaryl/α,β-unsaturated/α-hetero) is 1. The molecule has 1 fully saturated rings. The fourth-order valence-corrected chi connectivity index (χ4v) is 4.55. The van der Waals surface area contributed by atoms with E-state index in [1.54, 1.807) is 54.6 Å². The normalized spacial score (nSPS) is 16.6. The summed E-state index contributed by atoms with van der Waals surface area (Å²) in [4.78, 5) is 28.0. The average molecular weight is 510 g/mol. The molecule has 4 aromatic rings. The van der Waals surface area contributed by atoms with Crippen LogP contribution in [0.1, 0.15) is 35.4 Å². The van der Waals surface area contributed by atoms with Gasteiger partial charge in [-0.1, -0.05) is 36.4 Å². The highest BCUT2D eigenvalue weighted by atomic mass is 16.5. The molecule has 1 aliphatic rings. The minimum atomic E-state index is -0.948. The Morgan fingerprint density at radius 3 is 2.47 bits per heavy atom. The number of aryl methyl sites for hydroxylation is 1. The number of hydrogen-bond acceptors (Lipinski definition) is 6. The molecule has 5 rings (SSSR count). The zero-order valence-electron chi connectivity index (χ0n) is 21.1. The zero-order valence-corrected chi connectivity index (χ0v) is 21.1. The first-order valence-corrected chi connectivity index (χ1v) is 12.3. The van der Waals surface area contributed by atoms with Crippen LogP contribution < -0.4 is 14.4 Å². The number of amides is 1. The second kappa shape index (κ2) is 10.7. The number of carbonyl (C=O) groups excluding carboxylic acids is 2. The fourth-order valence-electron chi connectivity index (χ4n) is 4.55. The van der Waals surface area contributed by atoms with Gasteiger partial charge in [0.05, 0.1) is 18.4 Å². The maximum Gasteiger partial charge on any atom is 0.300 e. The Labute approximate surface area is 220 Å². The molecule has 1 unspecified atom stereocenters. The number of carbonyl (C=O) groups is 2. The summed E-state index contributed by atoms with van der Waals surface area (Å²) in [6.45, 7) is 4.58. The lowest BCUT2D eigenvalue weighted by Crippen LogP contribution is -2.29. The topological polar surface area (TPSA) is 89.2 Å². The molecule has 7 nitrogen and oxygen atoms in total. The standard InChI is InChI=1S/C31H27NO6/c1-3-36-24-12-7-11-23(18-24)32-28(26-13-8-16-37-26)27(30(34)31(32)35)29(33)22-14-15-25(20(2)17-22)38-19-21-9-5-4-6-10-21/h4-18,28,33H,3,19H2,1-2H3/b29-27-. The monoisotopic (exact) mass is 509 g/mol. The van der Waals surface area contributed by atoms with Crippen molar-refractivity contribution in [2.24, 2.45) is 0 Å². The van der Waals surface area contributed by atoms with Gasteiger partial charge in [0.15, 0.2) is 0 Å². The van der Waals surface area contributed by atoms with Gasteiger partial charge < -0.3 is 19.0 Å². The van der Waals surface area contributed by atoms with Crippen molar-refractivity contribution in [2.75, 3.05) is 11.5 Å². The van der Waals surface area contributed by atoms with Crippen molar-refractivity contribution in [3.05, 3.63) is 119 Å². The number of ketones is 1. The van der Waals surface area contributed by atoms with E-state index in [0.717, 1.165) is 11.1 Å². The Kier molecular flexibility index (Phi) is 7.00. The quantitative estimate of drug-likeness (QED) is 0.173. The first kappa shape index (κ1) is 24.9. The van der Waals surface area contributed by atoms with E-state index in [-0.39, 0.29) is 11.3 Å². The van der Waals surface area contributed by atoms with Crippen LogP contribution in [-0.4, -0.2) is 23.4 Å². The van der Waals surface area contributed by atoms with Gasteiger partial charge in [-0.2, -0.15) is 0 Å². The number of aliphatic hydroxyl groups excluding tert-OH is 1. The van der Waals surface area contributed by atoms with E-state index in [0.29, 0.717) is 41.7 Å². The molecule has 1 amide bonds. The van der Waals surface area contributed by atoms with Crippen molar-refractivity contribution in [2.45, 2.75) is 26.5 Å². The van der Waals surface area contributed by atoms with Gasteiger partial charge in [0.25, 0.3) is 11.7 Å². The smallest absolute Gasteiger partial charge is 0.300 e. The van der Waals surface area contributed by atoms with Gasteiger partial charge in [-0.15, -0.1) is 0 Å². The van der Waals surface area contributed by atoms with Crippen LogP contribution in [0.25, 0.3) is 5.76 Å². The first-order chi connectivity index (χ1) is 18.5. The van der Waals surface area contributed by atoms with Gasteiger partial charge in [0, 0.05) is 17.3 Å². The Bertz CT molecular complexity index is 1490. The lowest BCUT2D eigenvalue weighted by atomic mass is 9.98. The minimum Gasteiger partial charge on any atom is -0.507 e. The van der Waals surface area contributed by atoms with E-state index >= 15 is 0 Å². The van der Waals surface area contributed by atoms with Crippen molar-refractivity contribution in [3.63, 3.8) is 0 Å². The lowest BCUT2D eigenvalue weighted by molar-refractivity contribution is -0.132. The molecule has 1 N–H and O–H groups in total. The van der Waals surface area contributed by atoms with E-state index in [4.69, 9.17) is 13.9 Å². The number of hydrogen-bond donors (Lipinski definition) is 1. The molecule has 1 aromatic heterocycles. The van der Waals surface area contributed by atoms with Crippen LogP contribution in [0.4, 0.5) is 5.69 Å². The molecule has 0 spiro atoms. The molecule has 7 heteroatoms. The molecular weight excluding hydrogens is 482 g/mol. The van der Waals surface area contributed by atoms with Crippen molar-refractivity contribution in [1.29, 1.82) is 0 Å². The molecule has 38 heavy (non-hydrogen) atoms. The lowest BCUT2D eigenvalue weighted by Gasteiger charge is -2.24. The third kappa shape index (κ3) is 4.78. The molecule has 0 bridgehead atoms. The largest absolute Gasteiger partial charge is 0.507 e. The Morgan fingerprint density at radius 1 is 0.947 bits per heavy atom. The molecule has 2 heterocycles. The van der Waals surface area contributed by atoms with Crippen molar-refractivity contribution < 1.29 is 28.6 Å². The van der Waals surface area contributed by atoms with E-state index in [1.807, 2.05) is 44.2 Å². The molecular formula is C31H27NO6. The summed E-state index contributed by atoms with van der Waals surface area (Å²) >= 11 is 0. The second-order valence-electron chi connectivity index (χ2n) is 8.87. The van der Waals surface area contributed by atoms with Crippen LogP contribution in [-0.2, 0) is 16.2 Å². The highest BCUT2D eigenvalue weighted by molar-refractivity contribution is 6.51. The van der Waals surface area contributed by atoms with Gasteiger partial charge in [0.2, 0.25) is 0 Å². The minimum absolute atomic E-state index is 0.0517. The number of anilines is 1.